The lowest BCUT2D eigenvalue weighted by molar-refractivity contribution is 0.0940. The van der Waals surface area contributed by atoms with E-state index >= 15 is 0 Å². The zero-order chi connectivity index (χ0) is 16.4. The Morgan fingerprint density at radius 2 is 1.86 bits per heavy atom. The van der Waals surface area contributed by atoms with Gasteiger partial charge < -0.3 is 11.1 Å². The summed E-state index contributed by atoms with van der Waals surface area (Å²) in [7, 11) is -3.46. The van der Waals surface area contributed by atoms with Crippen LogP contribution < -0.4 is 15.8 Å². The SMILES string of the molecule is CC(C)(CNC(=O)c1cc(N)c(F)cc1F)NS(C)(=O)=O. The number of carbonyl (C=O) groups excluding carboxylic acids is 1. The molecule has 0 aliphatic rings. The molecular weight excluding hydrogens is 304 g/mol. The molecule has 0 bridgehead atoms. The van der Waals surface area contributed by atoms with Crippen molar-refractivity contribution in [3.63, 3.8) is 0 Å². The molecule has 0 radical (unpaired) electrons. The van der Waals surface area contributed by atoms with Crippen LogP contribution in [0.25, 0.3) is 0 Å². The summed E-state index contributed by atoms with van der Waals surface area (Å²) in [4.78, 5) is 11.8. The Bertz CT molecular complexity index is 660. The highest BCUT2D eigenvalue weighted by molar-refractivity contribution is 7.88. The van der Waals surface area contributed by atoms with Crippen molar-refractivity contribution in [3.8, 4) is 0 Å². The number of rotatable bonds is 5. The maximum absolute atomic E-state index is 13.5. The molecule has 0 aliphatic carbocycles. The molecule has 0 aromatic heterocycles. The molecule has 1 aromatic rings. The Hall–Kier alpha value is -1.74. The maximum atomic E-state index is 13.5. The number of benzene rings is 1. The summed E-state index contributed by atoms with van der Waals surface area (Å²) in [6, 6.07) is 1.40. The molecule has 4 N–H and O–H groups in total. The number of hydrogen-bond acceptors (Lipinski definition) is 4. The van der Waals surface area contributed by atoms with Gasteiger partial charge in [-0.05, 0) is 19.9 Å². The van der Waals surface area contributed by atoms with E-state index < -0.39 is 38.7 Å². The minimum atomic E-state index is -3.46. The molecule has 0 spiro atoms. The van der Waals surface area contributed by atoms with Crippen molar-refractivity contribution >= 4 is 21.6 Å². The first-order valence-electron chi connectivity index (χ1n) is 5.93. The lowest BCUT2D eigenvalue weighted by Gasteiger charge is -2.25. The Balaban J connectivity index is 2.81. The smallest absolute Gasteiger partial charge is 0.254 e. The van der Waals surface area contributed by atoms with Gasteiger partial charge in [0, 0.05) is 18.2 Å². The van der Waals surface area contributed by atoms with Gasteiger partial charge in [0.05, 0.1) is 17.5 Å². The van der Waals surface area contributed by atoms with E-state index in [9.17, 15) is 22.0 Å². The normalized spacial score (nSPS) is 12.2. The van der Waals surface area contributed by atoms with Crippen LogP contribution in [0.4, 0.5) is 14.5 Å². The highest BCUT2D eigenvalue weighted by atomic mass is 32.2. The Kier molecular flexibility index (Phi) is 4.90. The fraction of sp³-hybridized carbons (Fsp3) is 0.417. The van der Waals surface area contributed by atoms with Gasteiger partial charge in [-0.3, -0.25) is 4.79 Å². The predicted molar refractivity (Wildman–Crippen MR) is 75.2 cm³/mol. The third-order valence-electron chi connectivity index (χ3n) is 2.48. The van der Waals surface area contributed by atoms with Crippen molar-refractivity contribution in [2.45, 2.75) is 19.4 Å². The van der Waals surface area contributed by atoms with Crippen LogP contribution in [0.3, 0.4) is 0 Å². The van der Waals surface area contributed by atoms with E-state index in [4.69, 9.17) is 5.73 Å². The molecule has 0 saturated heterocycles. The van der Waals surface area contributed by atoms with Crippen LogP contribution in [0, 0.1) is 11.6 Å². The van der Waals surface area contributed by atoms with Crippen LogP contribution in [0.15, 0.2) is 12.1 Å². The molecule has 0 fully saturated rings. The van der Waals surface area contributed by atoms with E-state index in [0.717, 1.165) is 12.3 Å². The summed E-state index contributed by atoms with van der Waals surface area (Å²) in [6.45, 7) is 3.00. The van der Waals surface area contributed by atoms with Crippen LogP contribution in [-0.2, 0) is 10.0 Å². The molecule has 1 rings (SSSR count). The highest BCUT2D eigenvalue weighted by Crippen LogP contribution is 2.16. The molecule has 9 heteroatoms. The summed E-state index contributed by atoms with van der Waals surface area (Å²) in [5.41, 5.74) is 3.55. The molecule has 6 nitrogen and oxygen atoms in total. The second-order valence-electron chi connectivity index (χ2n) is 5.29. The minimum absolute atomic E-state index is 0.0877. The van der Waals surface area contributed by atoms with E-state index in [0.29, 0.717) is 6.07 Å². The lowest BCUT2D eigenvalue weighted by Crippen LogP contribution is -2.51. The third-order valence-corrected chi connectivity index (χ3v) is 3.41. The highest BCUT2D eigenvalue weighted by Gasteiger charge is 2.24. The summed E-state index contributed by atoms with van der Waals surface area (Å²) >= 11 is 0. The Morgan fingerprint density at radius 1 is 1.29 bits per heavy atom. The van der Waals surface area contributed by atoms with E-state index in [1.54, 1.807) is 13.8 Å². The van der Waals surface area contributed by atoms with Crippen LogP contribution in [0.1, 0.15) is 24.2 Å². The molecule has 0 saturated carbocycles. The second-order valence-corrected chi connectivity index (χ2v) is 7.04. The summed E-state index contributed by atoms with van der Waals surface area (Å²) in [5, 5.41) is 2.37. The predicted octanol–water partition coefficient (Wildman–Crippen LogP) is 0.605. The molecule has 0 heterocycles. The van der Waals surface area contributed by atoms with Gasteiger partial charge in [-0.25, -0.2) is 21.9 Å². The van der Waals surface area contributed by atoms with Gasteiger partial charge in [0.1, 0.15) is 11.6 Å². The van der Waals surface area contributed by atoms with Crippen LogP contribution in [-0.4, -0.2) is 32.7 Å². The van der Waals surface area contributed by atoms with Gasteiger partial charge in [-0.1, -0.05) is 0 Å². The zero-order valence-corrected chi connectivity index (χ0v) is 12.6. The Morgan fingerprint density at radius 3 is 2.38 bits per heavy atom. The number of nitrogen functional groups attached to an aromatic ring is 1. The monoisotopic (exact) mass is 321 g/mol. The number of halogens is 2. The van der Waals surface area contributed by atoms with E-state index in [1.165, 1.54) is 0 Å². The van der Waals surface area contributed by atoms with E-state index in [2.05, 4.69) is 10.0 Å². The fourth-order valence-corrected chi connectivity index (χ4v) is 2.75. The topological polar surface area (TPSA) is 101 Å². The van der Waals surface area contributed by atoms with Crippen molar-refractivity contribution in [1.29, 1.82) is 0 Å². The number of hydrogen-bond donors (Lipinski definition) is 3. The lowest BCUT2D eigenvalue weighted by atomic mass is 10.1. The molecule has 0 aliphatic heterocycles. The molecule has 0 unspecified atom stereocenters. The molecule has 1 amide bonds. The van der Waals surface area contributed by atoms with Crippen molar-refractivity contribution in [1.82, 2.24) is 10.0 Å². The Labute approximate surface area is 121 Å². The quantitative estimate of drug-likeness (QED) is 0.691. The summed E-state index contributed by atoms with van der Waals surface area (Å²) in [6.07, 6.45) is 0.983. The average molecular weight is 321 g/mol. The van der Waals surface area contributed by atoms with Gasteiger partial charge >= 0.3 is 0 Å². The number of nitrogens with two attached hydrogens (primary N) is 1. The zero-order valence-electron chi connectivity index (χ0n) is 11.8. The summed E-state index contributed by atoms with van der Waals surface area (Å²) < 4.78 is 51.1. The van der Waals surface area contributed by atoms with Crippen LogP contribution >= 0.6 is 0 Å². The molecule has 21 heavy (non-hydrogen) atoms. The number of sulfonamides is 1. The number of carbonyl (C=O) groups is 1. The first-order chi connectivity index (χ1) is 9.41. The first-order valence-corrected chi connectivity index (χ1v) is 7.82. The summed E-state index contributed by atoms with van der Waals surface area (Å²) in [5.74, 6) is -2.82. The van der Waals surface area contributed by atoms with E-state index in [1.807, 2.05) is 0 Å². The van der Waals surface area contributed by atoms with Gasteiger partial charge in [0.2, 0.25) is 10.0 Å². The van der Waals surface area contributed by atoms with Gasteiger partial charge in [-0.15, -0.1) is 0 Å². The third kappa shape index (κ3) is 5.27. The van der Waals surface area contributed by atoms with Gasteiger partial charge in [0.15, 0.2) is 0 Å². The molecule has 118 valence electrons. The number of nitrogens with one attached hydrogen (secondary N) is 2. The maximum Gasteiger partial charge on any atom is 0.254 e. The van der Waals surface area contributed by atoms with Gasteiger partial charge in [-0.2, -0.15) is 0 Å². The van der Waals surface area contributed by atoms with Crippen LogP contribution in [0.2, 0.25) is 0 Å². The minimum Gasteiger partial charge on any atom is -0.396 e. The second kappa shape index (κ2) is 5.94. The number of amides is 1. The van der Waals surface area contributed by atoms with Gasteiger partial charge in [0.25, 0.3) is 5.91 Å². The average Bonchev–Trinajstić information content (AvgIpc) is 2.28. The standard InChI is InChI=1S/C12H17F2N3O3S/c1-12(2,17-21(3,19)20)6-16-11(18)7-4-10(15)9(14)5-8(7)13/h4-5,17H,6,15H2,1-3H3,(H,16,18). The van der Waals surface area contributed by atoms with Crippen LogP contribution in [0.5, 0.6) is 0 Å². The molecular formula is C12H17F2N3O3S. The van der Waals surface area contributed by atoms with E-state index in [-0.39, 0.29) is 12.2 Å². The first kappa shape index (κ1) is 17.3. The molecule has 0 atom stereocenters. The number of anilines is 1. The van der Waals surface area contributed by atoms with Crippen molar-refractivity contribution in [2.75, 3.05) is 18.5 Å². The fourth-order valence-electron chi connectivity index (χ4n) is 1.67. The van der Waals surface area contributed by atoms with Crippen molar-refractivity contribution in [3.05, 3.63) is 29.3 Å². The van der Waals surface area contributed by atoms with Crippen molar-refractivity contribution < 1.29 is 22.0 Å². The van der Waals surface area contributed by atoms with Crippen molar-refractivity contribution in [2.24, 2.45) is 0 Å². The largest absolute Gasteiger partial charge is 0.396 e. The molecule has 1 aromatic carbocycles.